The van der Waals surface area contributed by atoms with E-state index < -0.39 is 16.5 Å². The molecule has 3 nitrogen and oxygen atoms in total. The molecule has 3 rings (SSSR count). The molecule has 0 spiro atoms. The van der Waals surface area contributed by atoms with Crippen molar-refractivity contribution in [3.05, 3.63) is 89.5 Å². The first kappa shape index (κ1) is 48.4. The molecule has 3 aromatic carbocycles. The van der Waals surface area contributed by atoms with Gasteiger partial charge in [-0.2, -0.15) is 0 Å². The third-order valence-electron chi connectivity index (χ3n) is 9.85. The Labute approximate surface area is 338 Å². The molecular formula is C45H73NaO3P2. The van der Waals surface area contributed by atoms with Gasteiger partial charge >= 0.3 is 38.2 Å². The maximum atomic E-state index is 7.23. The molecule has 3 N–H and O–H groups in total. The monoisotopic (exact) mass is 746 g/mol. The van der Waals surface area contributed by atoms with Crippen LogP contribution in [0.1, 0.15) is 172 Å². The van der Waals surface area contributed by atoms with E-state index in [0.29, 0.717) is 0 Å². The van der Waals surface area contributed by atoms with Crippen LogP contribution in [0.3, 0.4) is 0 Å². The number of hydrogen-bond acceptors (Lipinski definition) is 3. The van der Waals surface area contributed by atoms with Gasteiger partial charge in [0.05, 0.1) is 0 Å². The van der Waals surface area contributed by atoms with Gasteiger partial charge in [-0.15, -0.1) is 0 Å². The second kappa shape index (κ2) is 32.8. The third-order valence-corrected chi connectivity index (χ3v) is 12.6. The molecular weight excluding hydrogens is 673 g/mol. The van der Waals surface area contributed by atoms with E-state index in [1.165, 1.54) is 154 Å². The van der Waals surface area contributed by atoms with E-state index in [-0.39, 0.29) is 29.6 Å². The van der Waals surface area contributed by atoms with E-state index in [1.54, 1.807) is 32.6 Å². The van der Waals surface area contributed by atoms with Gasteiger partial charge in [0.2, 0.25) is 0 Å². The molecule has 282 valence electrons. The molecule has 0 radical (unpaired) electrons. The summed E-state index contributed by atoms with van der Waals surface area (Å²) in [5.74, 6) is 0. The Balaban J connectivity index is 0.00000246. The van der Waals surface area contributed by atoms with E-state index in [0.717, 1.165) is 0 Å². The van der Waals surface area contributed by atoms with Gasteiger partial charge < -0.3 is 14.7 Å². The average Bonchev–Trinajstić information content (AvgIpc) is 3.12. The van der Waals surface area contributed by atoms with Gasteiger partial charge in [0.25, 0.3) is 0 Å². The van der Waals surface area contributed by atoms with Crippen molar-refractivity contribution in [2.75, 3.05) is 0 Å². The summed E-state index contributed by atoms with van der Waals surface area (Å²) in [4.78, 5) is 21.7. The SMILES string of the molecule is CCCCCCCCCc1ccccc1P(c1ccccc1CCCCCCCCC)c1ccccc1CCCCCCCCC.OP(O)O.[NaH]. The van der Waals surface area contributed by atoms with Crippen LogP contribution in [0.25, 0.3) is 0 Å². The molecule has 0 fully saturated rings. The van der Waals surface area contributed by atoms with E-state index in [9.17, 15) is 0 Å². The predicted molar refractivity (Wildman–Crippen MR) is 231 cm³/mol. The van der Waals surface area contributed by atoms with Gasteiger partial charge in [-0.05, 0) is 79.1 Å². The first-order valence-corrected chi connectivity index (χ1v) is 23.0. The van der Waals surface area contributed by atoms with Crippen molar-refractivity contribution >= 4 is 62.0 Å². The summed E-state index contributed by atoms with van der Waals surface area (Å²) in [5, 5.41) is 4.84. The van der Waals surface area contributed by atoms with Crippen molar-refractivity contribution in [2.24, 2.45) is 0 Å². The minimum absolute atomic E-state index is 0. The van der Waals surface area contributed by atoms with E-state index in [1.807, 2.05) is 0 Å². The Bertz CT molecular complexity index is 1090. The topological polar surface area (TPSA) is 60.7 Å². The Morgan fingerprint density at radius 1 is 0.353 bits per heavy atom. The number of aryl methyl sites for hydroxylation is 3. The first-order valence-electron chi connectivity index (χ1n) is 20.4. The molecule has 0 unspecified atom stereocenters. The zero-order valence-corrected chi connectivity index (χ0v) is 33.9. The van der Waals surface area contributed by atoms with Crippen molar-refractivity contribution in [1.29, 1.82) is 0 Å². The van der Waals surface area contributed by atoms with E-state index in [4.69, 9.17) is 14.7 Å². The number of rotatable bonds is 27. The van der Waals surface area contributed by atoms with Crippen LogP contribution in [0.4, 0.5) is 0 Å². The molecule has 0 saturated heterocycles. The van der Waals surface area contributed by atoms with Crippen LogP contribution < -0.4 is 15.9 Å². The van der Waals surface area contributed by atoms with Gasteiger partial charge in [-0.25, -0.2) is 0 Å². The number of unbranched alkanes of at least 4 members (excludes halogenated alkanes) is 18. The summed E-state index contributed by atoms with van der Waals surface area (Å²) in [6.45, 7) is 6.94. The second-order valence-electron chi connectivity index (χ2n) is 14.1. The molecule has 51 heavy (non-hydrogen) atoms. The number of benzene rings is 3. The summed E-state index contributed by atoms with van der Waals surface area (Å²) in [6, 6.07) is 28.7. The maximum absolute atomic E-state index is 7.23. The fraction of sp³-hybridized carbons (Fsp3) is 0.600. The first-order chi connectivity index (χ1) is 24.5. The Morgan fingerprint density at radius 2 is 0.569 bits per heavy atom. The Morgan fingerprint density at radius 3 is 0.824 bits per heavy atom. The van der Waals surface area contributed by atoms with Crippen LogP contribution >= 0.6 is 16.5 Å². The van der Waals surface area contributed by atoms with Crippen LogP contribution in [0.15, 0.2) is 72.8 Å². The predicted octanol–water partition coefficient (Wildman–Crippen LogP) is 11.9. The average molecular weight is 747 g/mol. The van der Waals surface area contributed by atoms with Gasteiger partial charge in [0.1, 0.15) is 0 Å². The summed E-state index contributed by atoms with van der Waals surface area (Å²) in [5.41, 5.74) is 4.79. The fourth-order valence-corrected chi connectivity index (χ4v) is 9.93. The van der Waals surface area contributed by atoms with Crippen molar-refractivity contribution in [3.63, 3.8) is 0 Å². The molecule has 3 aromatic rings. The van der Waals surface area contributed by atoms with Crippen LogP contribution in [0.2, 0.25) is 0 Å². The van der Waals surface area contributed by atoms with Gasteiger partial charge in [0.15, 0.2) is 0 Å². The normalized spacial score (nSPS) is 11.1. The fourth-order valence-electron chi connectivity index (χ4n) is 7.03. The van der Waals surface area contributed by atoms with Gasteiger partial charge in [0, 0.05) is 0 Å². The quantitative estimate of drug-likeness (QED) is 0.0414. The van der Waals surface area contributed by atoms with Crippen LogP contribution in [-0.4, -0.2) is 44.2 Å². The molecule has 0 saturated carbocycles. The molecule has 0 aliphatic carbocycles. The minimum atomic E-state index is -2.62. The Hall–Kier alpha value is -0.600. The van der Waals surface area contributed by atoms with Gasteiger partial charge in [-0.3, -0.25) is 0 Å². The van der Waals surface area contributed by atoms with Crippen molar-refractivity contribution in [1.82, 2.24) is 0 Å². The molecule has 0 atom stereocenters. The van der Waals surface area contributed by atoms with Crippen LogP contribution in [0, 0.1) is 0 Å². The van der Waals surface area contributed by atoms with Crippen LogP contribution in [0.5, 0.6) is 0 Å². The summed E-state index contributed by atoms with van der Waals surface area (Å²) in [6.07, 6.45) is 32.4. The van der Waals surface area contributed by atoms with Crippen molar-refractivity contribution < 1.29 is 14.7 Å². The second-order valence-corrected chi connectivity index (χ2v) is 16.8. The zero-order valence-electron chi connectivity index (χ0n) is 32.1. The summed E-state index contributed by atoms with van der Waals surface area (Å²) in [7, 11) is -3.23. The molecule has 0 heterocycles. The van der Waals surface area contributed by atoms with Crippen molar-refractivity contribution in [3.8, 4) is 0 Å². The number of hydrogen-bond donors (Lipinski definition) is 3. The summed E-state index contributed by atoms with van der Waals surface area (Å²) >= 11 is 0. The molecule has 0 aromatic heterocycles. The van der Waals surface area contributed by atoms with Gasteiger partial charge in [-0.1, -0.05) is 209 Å². The molecule has 6 heteroatoms. The molecule has 0 bridgehead atoms. The van der Waals surface area contributed by atoms with Crippen molar-refractivity contribution in [2.45, 2.75) is 175 Å². The molecule has 0 amide bonds. The Kier molecular flexibility index (Phi) is 31.1. The van der Waals surface area contributed by atoms with Crippen LogP contribution in [-0.2, 0) is 19.3 Å². The standard InChI is InChI=1S/C45H69P.Na.H3O3P.H/c1-4-7-10-13-16-19-22-31-40-34-25-28-37-43(40)46(44-38-29-26-35-41(44)32-23-20-17-14-11-8-5-2)45-39-30-27-36-42(45)33-24-21-18-15-12-9-6-3;;1-4(2)3;/h25-30,34-39H,4-24,31-33H2,1-3H3;;1-3H;. The van der Waals surface area contributed by atoms with E-state index >= 15 is 0 Å². The molecule has 0 aliphatic heterocycles. The molecule has 0 aliphatic rings. The third kappa shape index (κ3) is 21.8. The zero-order chi connectivity index (χ0) is 36.1. The van der Waals surface area contributed by atoms with E-state index in [2.05, 4.69) is 93.6 Å². The summed E-state index contributed by atoms with van der Waals surface area (Å²) < 4.78 is 0.